The first-order valence-electron chi connectivity index (χ1n) is 4.34. The average Bonchev–Trinajstić information content (AvgIpc) is 2.20. The van der Waals surface area contributed by atoms with Gasteiger partial charge in [0.1, 0.15) is 0 Å². The van der Waals surface area contributed by atoms with Crippen molar-refractivity contribution >= 4 is 5.57 Å². The maximum absolute atomic E-state index is 4.00. The molecule has 1 radical (unpaired) electrons. The van der Waals surface area contributed by atoms with Crippen LogP contribution in [0.1, 0.15) is 5.56 Å². The smallest absolute Gasteiger partial charge is 0.0125 e. The maximum Gasteiger partial charge on any atom is 0.0125 e. The fourth-order valence-corrected chi connectivity index (χ4v) is 1.42. The van der Waals surface area contributed by atoms with Gasteiger partial charge in [-0.15, -0.1) is 0 Å². The first-order chi connectivity index (χ1) is 6.38. The Morgan fingerprint density at radius 3 is 2.20 bits per heavy atom. The molecule has 1 aliphatic carbocycles. The SMILES string of the molecule is C=C1[CH]C=CC=C1c1ccccc1.[Br-].[Zn]. The molecule has 1 aliphatic rings. The normalized spacial score (nSPS) is 13.6. The van der Waals surface area contributed by atoms with Crippen molar-refractivity contribution in [1.82, 2.24) is 0 Å². The number of halogens is 1. The van der Waals surface area contributed by atoms with E-state index in [1.807, 2.05) is 36.8 Å². The van der Waals surface area contributed by atoms with Crippen LogP contribution in [0.4, 0.5) is 0 Å². The van der Waals surface area contributed by atoms with Crippen molar-refractivity contribution in [3.63, 3.8) is 0 Å². The summed E-state index contributed by atoms with van der Waals surface area (Å²) in [5, 5.41) is 0. The van der Waals surface area contributed by atoms with Crippen molar-refractivity contribution in [3.05, 3.63) is 72.7 Å². The molecule has 1 aromatic carbocycles. The van der Waals surface area contributed by atoms with Crippen molar-refractivity contribution in [2.75, 3.05) is 0 Å². The molecule has 0 unspecified atom stereocenters. The molecule has 0 atom stereocenters. The topological polar surface area (TPSA) is 0 Å². The minimum absolute atomic E-state index is 0. The summed E-state index contributed by atoms with van der Waals surface area (Å²) in [6, 6.07) is 10.3. The van der Waals surface area contributed by atoms with Gasteiger partial charge in [-0.3, -0.25) is 0 Å². The number of benzene rings is 1. The Bertz CT molecular complexity index is 377. The van der Waals surface area contributed by atoms with Crippen LogP contribution in [-0.4, -0.2) is 0 Å². The molecule has 0 aliphatic heterocycles. The number of allylic oxidation sites excluding steroid dienone is 5. The van der Waals surface area contributed by atoms with Gasteiger partial charge in [0.2, 0.25) is 0 Å². The van der Waals surface area contributed by atoms with Gasteiger partial charge in [-0.25, -0.2) is 0 Å². The summed E-state index contributed by atoms with van der Waals surface area (Å²) >= 11 is 0. The molecule has 15 heavy (non-hydrogen) atoms. The summed E-state index contributed by atoms with van der Waals surface area (Å²) in [7, 11) is 0. The second-order valence-electron chi connectivity index (χ2n) is 3.02. The zero-order valence-corrected chi connectivity index (χ0v) is 13.0. The molecule has 0 fully saturated rings. The zero-order valence-electron chi connectivity index (χ0n) is 8.49. The van der Waals surface area contributed by atoms with Crippen LogP contribution in [0.2, 0.25) is 0 Å². The van der Waals surface area contributed by atoms with Crippen LogP contribution >= 0.6 is 0 Å². The van der Waals surface area contributed by atoms with E-state index in [9.17, 15) is 0 Å². The van der Waals surface area contributed by atoms with Crippen LogP contribution in [-0.2, 0) is 19.5 Å². The second-order valence-corrected chi connectivity index (χ2v) is 3.02. The molecule has 73 valence electrons. The largest absolute Gasteiger partial charge is 1.00 e. The van der Waals surface area contributed by atoms with E-state index in [2.05, 4.69) is 24.8 Å². The Morgan fingerprint density at radius 2 is 1.60 bits per heavy atom. The summed E-state index contributed by atoms with van der Waals surface area (Å²) in [6.07, 6.45) is 8.17. The molecular formula is C13H11BrZn-. The molecule has 2 rings (SSSR count). The van der Waals surface area contributed by atoms with Crippen molar-refractivity contribution in [1.29, 1.82) is 0 Å². The van der Waals surface area contributed by atoms with Gasteiger partial charge in [0, 0.05) is 25.9 Å². The fraction of sp³-hybridized carbons (Fsp3) is 0. The molecule has 0 nitrogen and oxygen atoms in total. The number of rotatable bonds is 1. The van der Waals surface area contributed by atoms with Gasteiger partial charge in [-0.2, -0.15) is 0 Å². The molecule has 0 saturated heterocycles. The van der Waals surface area contributed by atoms with Gasteiger partial charge in [-0.05, 0) is 16.7 Å². The Hall–Kier alpha value is -0.457. The maximum atomic E-state index is 4.00. The van der Waals surface area contributed by atoms with Gasteiger partial charge >= 0.3 is 0 Å². The minimum atomic E-state index is 0. The third kappa shape index (κ3) is 3.55. The van der Waals surface area contributed by atoms with E-state index in [-0.39, 0.29) is 36.5 Å². The summed E-state index contributed by atoms with van der Waals surface area (Å²) in [5.41, 5.74) is 3.52. The van der Waals surface area contributed by atoms with E-state index >= 15 is 0 Å². The molecule has 0 bridgehead atoms. The van der Waals surface area contributed by atoms with Crippen LogP contribution in [0.5, 0.6) is 0 Å². The molecular weight excluding hydrogens is 301 g/mol. The monoisotopic (exact) mass is 310 g/mol. The second kappa shape index (κ2) is 6.92. The summed E-state index contributed by atoms with van der Waals surface area (Å²) in [6.45, 7) is 4.00. The quantitative estimate of drug-likeness (QED) is 0.659. The van der Waals surface area contributed by atoms with E-state index in [1.165, 1.54) is 11.1 Å². The van der Waals surface area contributed by atoms with E-state index in [4.69, 9.17) is 0 Å². The zero-order chi connectivity index (χ0) is 9.10. The predicted octanol–water partition coefficient (Wildman–Crippen LogP) is 0.402. The van der Waals surface area contributed by atoms with Crippen LogP contribution < -0.4 is 17.0 Å². The Morgan fingerprint density at radius 1 is 0.933 bits per heavy atom. The van der Waals surface area contributed by atoms with E-state index in [0.29, 0.717) is 0 Å². The van der Waals surface area contributed by atoms with E-state index in [1.54, 1.807) is 0 Å². The Balaban J connectivity index is 0.000000980. The van der Waals surface area contributed by atoms with Crippen LogP contribution in [0.15, 0.2) is 60.7 Å². The van der Waals surface area contributed by atoms with Crippen LogP contribution in [0.3, 0.4) is 0 Å². The minimum Gasteiger partial charge on any atom is -1.00 e. The molecule has 0 spiro atoms. The molecule has 0 saturated carbocycles. The van der Waals surface area contributed by atoms with Crippen molar-refractivity contribution in [2.24, 2.45) is 0 Å². The van der Waals surface area contributed by atoms with Gasteiger partial charge in [-0.1, -0.05) is 55.1 Å². The summed E-state index contributed by atoms with van der Waals surface area (Å²) in [5.74, 6) is 0. The third-order valence-corrected chi connectivity index (χ3v) is 2.10. The first-order valence-corrected chi connectivity index (χ1v) is 4.34. The number of hydrogen-bond donors (Lipinski definition) is 0. The van der Waals surface area contributed by atoms with Crippen molar-refractivity contribution < 1.29 is 36.5 Å². The number of hydrogen-bond acceptors (Lipinski definition) is 0. The molecule has 1 aromatic rings. The fourth-order valence-electron chi connectivity index (χ4n) is 1.42. The van der Waals surface area contributed by atoms with Crippen molar-refractivity contribution in [2.45, 2.75) is 0 Å². The van der Waals surface area contributed by atoms with Gasteiger partial charge < -0.3 is 17.0 Å². The Kier molecular flexibility index (Phi) is 6.71. The average molecular weight is 313 g/mol. The molecule has 0 heterocycles. The van der Waals surface area contributed by atoms with Crippen molar-refractivity contribution in [3.8, 4) is 0 Å². The van der Waals surface area contributed by atoms with Gasteiger partial charge in [0.05, 0.1) is 0 Å². The van der Waals surface area contributed by atoms with Crippen LogP contribution in [0, 0.1) is 6.42 Å². The third-order valence-electron chi connectivity index (χ3n) is 2.10. The van der Waals surface area contributed by atoms with E-state index in [0.717, 1.165) is 5.57 Å². The van der Waals surface area contributed by atoms with Gasteiger partial charge in [0.15, 0.2) is 0 Å². The molecule has 0 N–H and O–H groups in total. The Labute approximate surface area is 114 Å². The molecule has 0 amide bonds. The molecule has 0 aromatic heterocycles. The first kappa shape index (κ1) is 14.5. The van der Waals surface area contributed by atoms with E-state index < -0.39 is 0 Å². The van der Waals surface area contributed by atoms with Gasteiger partial charge in [0.25, 0.3) is 0 Å². The standard InChI is InChI=1S/C13H11.BrH.Zn/c1-11-7-5-6-10-13(11)12-8-3-2-4-9-12;;/h2-10H,1H2;1H;/p-1. The summed E-state index contributed by atoms with van der Waals surface area (Å²) in [4.78, 5) is 0. The molecule has 2 heteroatoms. The van der Waals surface area contributed by atoms with Crippen LogP contribution in [0.25, 0.3) is 5.57 Å². The predicted molar refractivity (Wildman–Crippen MR) is 57.0 cm³/mol. The summed E-state index contributed by atoms with van der Waals surface area (Å²) < 4.78 is 0.